The summed E-state index contributed by atoms with van der Waals surface area (Å²) >= 11 is 0. The number of para-hydroxylation sites is 1. The molecule has 7 nitrogen and oxygen atoms in total. The zero-order valence-corrected chi connectivity index (χ0v) is 13.2. The van der Waals surface area contributed by atoms with E-state index in [4.69, 9.17) is 4.74 Å². The normalized spacial score (nSPS) is 12.8. The van der Waals surface area contributed by atoms with E-state index in [1.807, 2.05) is 0 Å². The van der Waals surface area contributed by atoms with Crippen LogP contribution in [0.3, 0.4) is 0 Å². The monoisotopic (exact) mass is 320 g/mol. The Morgan fingerprint density at radius 3 is 2.65 bits per heavy atom. The minimum absolute atomic E-state index is 0.0675. The predicted molar refractivity (Wildman–Crippen MR) is 84.5 cm³/mol. The average molecular weight is 320 g/mol. The summed E-state index contributed by atoms with van der Waals surface area (Å²) in [6, 6.07) is 3.85. The van der Waals surface area contributed by atoms with Gasteiger partial charge in [0.2, 0.25) is 0 Å². The molecule has 124 valence electrons. The van der Waals surface area contributed by atoms with Gasteiger partial charge in [0, 0.05) is 18.0 Å². The quantitative estimate of drug-likeness (QED) is 0.691. The number of hydrogen-bond acceptors (Lipinski definition) is 4. The Bertz CT molecular complexity index is 730. The third-order valence-corrected chi connectivity index (χ3v) is 3.19. The van der Waals surface area contributed by atoms with E-state index in [-0.39, 0.29) is 12.2 Å². The Kier molecular flexibility index (Phi) is 4.49. The van der Waals surface area contributed by atoms with Crippen LogP contribution in [0.25, 0.3) is 10.9 Å². The summed E-state index contributed by atoms with van der Waals surface area (Å²) in [7, 11) is 0. The molecular weight excluding hydrogens is 300 g/mol. The maximum atomic E-state index is 11.8. The molecule has 1 atom stereocenters. The summed E-state index contributed by atoms with van der Waals surface area (Å²) < 4.78 is 5.08. The van der Waals surface area contributed by atoms with Crippen molar-refractivity contribution >= 4 is 23.0 Å². The highest BCUT2D eigenvalue weighted by atomic mass is 16.6. The summed E-state index contributed by atoms with van der Waals surface area (Å²) in [6.45, 7) is 5.10. The number of carboxylic acids is 1. The summed E-state index contributed by atoms with van der Waals surface area (Å²) in [6.07, 6.45) is 0.905. The van der Waals surface area contributed by atoms with Gasteiger partial charge in [0.15, 0.2) is 0 Å². The first-order valence-corrected chi connectivity index (χ1v) is 7.17. The number of aromatic hydroxyl groups is 1. The van der Waals surface area contributed by atoms with Gasteiger partial charge in [0.25, 0.3) is 0 Å². The smallest absolute Gasteiger partial charge is 0.408 e. The van der Waals surface area contributed by atoms with Crippen LogP contribution in [0.15, 0.2) is 24.4 Å². The predicted octanol–water partition coefficient (Wildman–Crippen LogP) is 2.39. The lowest BCUT2D eigenvalue weighted by molar-refractivity contribution is -0.139. The molecule has 23 heavy (non-hydrogen) atoms. The fourth-order valence-corrected chi connectivity index (χ4v) is 2.24. The molecule has 1 unspecified atom stereocenters. The lowest BCUT2D eigenvalue weighted by Crippen LogP contribution is -2.44. The van der Waals surface area contributed by atoms with Gasteiger partial charge in [-0.15, -0.1) is 0 Å². The van der Waals surface area contributed by atoms with Crippen LogP contribution in [0.1, 0.15) is 26.3 Å². The minimum atomic E-state index is -1.16. The SMILES string of the molecule is CC(C)(C)OC(=O)NC(Cc1c[nH]c2c(O)cccc12)C(=O)O. The maximum absolute atomic E-state index is 11.8. The molecule has 0 radical (unpaired) electrons. The number of carbonyl (C=O) groups is 2. The molecule has 0 bridgehead atoms. The number of benzene rings is 1. The number of phenolic OH excluding ortho intramolecular Hbond substituents is 1. The van der Waals surface area contributed by atoms with Crippen molar-refractivity contribution in [3.63, 3.8) is 0 Å². The Balaban J connectivity index is 2.17. The summed E-state index contributed by atoms with van der Waals surface area (Å²) in [5.41, 5.74) is 0.503. The van der Waals surface area contributed by atoms with Crippen LogP contribution in [0.5, 0.6) is 5.75 Å². The van der Waals surface area contributed by atoms with Crippen molar-refractivity contribution in [2.75, 3.05) is 0 Å². The minimum Gasteiger partial charge on any atom is -0.506 e. The number of carboxylic acid groups (broad SMARTS) is 1. The summed E-state index contributed by atoms with van der Waals surface area (Å²) in [5, 5.41) is 22.1. The topological polar surface area (TPSA) is 112 Å². The number of H-pyrrole nitrogens is 1. The molecule has 0 aliphatic heterocycles. The van der Waals surface area contributed by atoms with E-state index in [9.17, 15) is 19.8 Å². The van der Waals surface area contributed by atoms with Crippen LogP contribution in [0, 0.1) is 0 Å². The fraction of sp³-hybridized carbons (Fsp3) is 0.375. The maximum Gasteiger partial charge on any atom is 0.408 e. The number of aliphatic carboxylic acids is 1. The van der Waals surface area contributed by atoms with Crippen LogP contribution in [-0.2, 0) is 16.0 Å². The second kappa shape index (κ2) is 6.20. The molecule has 0 saturated heterocycles. The summed E-state index contributed by atoms with van der Waals surface area (Å²) in [5.74, 6) is -1.08. The molecule has 1 aromatic carbocycles. The average Bonchev–Trinajstić information content (AvgIpc) is 2.80. The van der Waals surface area contributed by atoms with Crippen LogP contribution >= 0.6 is 0 Å². The lowest BCUT2D eigenvalue weighted by atomic mass is 10.0. The third kappa shape index (κ3) is 4.15. The van der Waals surface area contributed by atoms with Crippen molar-refractivity contribution in [2.45, 2.75) is 38.8 Å². The molecule has 0 aliphatic rings. The van der Waals surface area contributed by atoms with E-state index in [1.54, 1.807) is 39.1 Å². The van der Waals surface area contributed by atoms with Gasteiger partial charge in [0.05, 0.1) is 5.52 Å². The largest absolute Gasteiger partial charge is 0.506 e. The van der Waals surface area contributed by atoms with E-state index >= 15 is 0 Å². The van der Waals surface area contributed by atoms with E-state index in [0.717, 1.165) is 0 Å². The molecule has 7 heteroatoms. The lowest BCUT2D eigenvalue weighted by Gasteiger charge is -2.22. The van der Waals surface area contributed by atoms with Crippen LogP contribution < -0.4 is 5.32 Å². The zero-order valence-electron chi connectivity index (χ0n) is 13.2. The number of alkyl carbamates (subject to hydrolysis) is 1. The first-order valence-electron chi connectivity index (χ1n) is 7.17. The molecule has 0 saturated carbocycles. The number of amides is 1. The number of fused-ring (bicyclic) bond motifs is 1. The number of aromatic nitrogens is 1. The summed E-state index contributed by atoms with van der Waals surface area (Å²) in [4.78, 5) is 26.1. The van der Waals surface area contributed by atoms with Gasteiger partial charge in [-0.2, -0.15) is 0 Å². The van der Waals surface area contributed by atoms with Crippen LogP contribution in [0.4, 0.5) is 4.79 Å². The van der Waals surface area contributed by atoms with Gasteiger partial charge in [-0.25, -0.2) is 9.59 Å². The second-order valence-electron chi connectivity index (χ2n) is 6.25. The molecule has 0 fully saturated rings. The van der Waals surface area contributed by atoms with Crippen molar-refractivity contribution in [3.05, 3.63) is 30.0 Å². The third-order valence-electron chi connectivity index (χ3n) is 3.19. The van der Waals surface area contributed by atoms with E-state index in [2.05, 4.69) is 10.3 Å². The number of carbonyl (C=O) groups excluding carboxylic acids is 1. The first kappa shape index (κ1) is 16.7. The molecule has 1 aromatic heterocycles. The van der Waals surface area contributed by atoms with Gasteiger partial charge >= 0.3 is 12.1 Å². The zero-order chi connectivity index (χ0) is 17.2. The molecule has 1 amide bonds. The van der Waals surface area contributed by atoms with Gasteiger partial charge in [-0.3, -0.25) is 0 Å². The highest BCUT2D eigenvalue weighted by Gasteiger charge is 2.25. The number of nitrogens with one attached hydrogen (secondary N) is 2. The molecule has 0 aliphatic carbocycles. The van der Waals surface area contributed by atoms with Gasteiger partial charge in [-0.05, 0) is 32.4 Å². The van der Waals surface area contributed by atoms with E-state index < -0.39 is 23.7 Å². The Morgan fingerprint density at radius 1 is 1.35 bits per heavy atom. The van der Waals surface area contributed by atoms with Crippen molar-refractivity contribution in [1.82, 2.24) is 10.3 Å². The van der Waals surface area contributed by atoms with Crippen molar-refractivity contribution in [2.24, 2.45) is 0 Å². The molecule has 1 heterocycles. The molecule has 2 rings (SSSR count). The Hall–Kier alpha value is -2.70. The van der Waals surface area contributed by atoms with Crippen molar-refractivity contribution in [1.29, 1.82) is 0 Å². The van der Waals surface area contributed by atoms with Crippen molar-refractivity contribution < 1.29 is 24.5 Å². The Labute approximate surface area is 133 Å². The molecule has 4 N–H and O–H groups in total. The number of rotatable bonds is 4. The first-order chi connectivity index (χ1) is 10.7. The fourth-order valence-electron chi connectivity index (χ4n) is 2.24. The standard InChI is InChI=1S/C16H20N2O5/c1-16(2,3)23-15(22)18-11(14(20)21)7-9-8-17-13-10(9)5-4-6-12(13)19/h4-6,8,11,17,19H,7H2,1-3H3,(H,18,22)(H,20,21). The van der Waals surface area contributed by atoms with Gasteiger partial charge in [0.1, 0.15) is 17.4 Å². The van der Waals surface area contributed by atoms with Gasteiger partial charge < -0.3 is 25.3 Å². The molecule has 0 spiro atoms. The number of phenols is 1. The Morgan fingerprint density at radius 2 is 2.04 bits per heavy atom. The number of aromatic amines is 1. The highest BCUT2D eigenvalue weighted by molar-refractivity contribution is 5.89. The van der Waals surface area contributed by atoms with E-state index in [1.165, 1.54) is 6.07 Å². The van der Waals surface area contributed by atoms with Gasteiger partial charge in [-0.1, -0.05) is 12.1 Å². The number of hydrogen-bond donors (Lipinski definition) is 4. The second-order valence-corrected chi connectivity index (χ2v) is 6.25. The van der Waals surface area contributed by atoms with E-state index in [0.29, 0.717) is 16.5 Å². The molecular formula is C16H20N2O5. The number of ether oxygens (including phenoxy) is 1. The molecule has 2 aromatic rings. The highest BCUT2D eigenvalue weighted by Crippen LogP contribution is 2.26. The van der Waals surface area contributed by atoms with Crippen LogP contribution in [-0.4, -0.2) is 38.9 Å². The van der Waals surface area contributed by atoms with Crippen LogP contribution in [0.2, 0.25) is 0 Å². The van der Waals surface area contributed by atoms with Crippen molar-refractivity contribution in [3.8, 4) is 5.75 Å².